The lowest BCUT2D eigenvalue weighted by molar-refractivity contribution is -0.117. The molecule has 1 N–H and O–H groups in total. The van der Waals surface area contributed by atoms with Gasteiger partial charge >= 0.3 is 6.18 Å². The number of benzene rings is 1. The van der Waals surface area contributed by atoms with Gasteiger partial charge in [-0.3, -0.25) is 4.79 Å². The first-order chi connectivity index (χ1) is 8.28. The monoisotopic (exact) mass is 321 g/mol. The van der Waals surface area contributed by atoms with E-state index in [9.17, 15) is 18.0 Å². The molecule has 0 saturated heterocycles. The molecule has 0 aromatic heterocycles. The summed E-state index contributed by atoms with van der Waals surface area (Å²) >= 11 is 3.30. The molecule has 98 valence electrons. The molecule has 0 radical (unpaired) electrons. The number of hydrogen-bond acceptors (Lipinski definition) is 1. The molecule has 6 heteroatoms. The minimum absolute atomic E-state index is 0.0897. The lowest BCUT2D eigenvalue weighted by Crippen LogP contribution is -2.21. The smallest absolute Gasteiger partial charge is 0.348 e. The number of hydrogen-bond donors (Lipinski definition) is 1. The van der Waals surface area contributed by atoms with Gasteiger partial charge in [0.05, 0.1) is 0 Å². The number of allylic oxidation sites excluding steroid dienone is 1. The van der Waals surface area contributed by atoms with Crippen LogP contribution in [0.25, 0.3) is 0 Å². The van der Waals surface area contributed by atoms with Gasteiger partial charge in [0.1, 0.15) is 0 Å². The van der Waals surface area contributed by atoms with Gasteiger partial charge in [0.2, 0.25) is 5.91 Å². The third-order valence-electron chi connectivity index (χ3n) is 2.08. The molecule has 0 unspecified atom stereocenters. The molecule has 0 aliphatic heterocycles. The highest BCUT2D eigenvalue weighted by molar-refractivity contribution is 9.10. The van der Waals surface area contributed by atoms with Crippen LogP contribution in [0.5, 0.6) is 0 Å². The fraction of sp³-hybridized carbons (Fsp3) is 0.250. The number of carbonyl (C=O) groups excluding carboxylic acids is 1. The number of alkyl halides is 3. The van der Waals surface area contributed by atoms with Crippen LogP contribution >= 0.6 is 15.9 Å². The van der Waals surface area contributed by atoms with Gasteiger partial charge in [0.25, 0.3) is 0 Å². The quantitative estimate of drug-likeness (QED) is 0.848. The van der Waals surface area contributed by atoms with Crippen LogP contribution in [0.2, 0.25) is 0 Å². The van der Waals surface area contributed by atoms with Crippen molar-refractivity contribution in [1.29, 1.82) is 0 Å². The lowest BCUT2D eigenvalue weighted by atomic mass is 10.1. The summed E-state index contributed by atoms with van der Waals surface area (Å²) in [6.07, 6.45) is -4.08. The van der Waals surface area contributed by atoms with E-state index in [2.05, 4.69) is 21.2 Å². The van der Waals surface area contributed by atoms with Gasteiger partial charge in [-0.15, -0.1) is 0 Å². The van der Waals surface area contributed by atoms with E-state index < -0.39 is 12.1 Å². The lowest BCUT2D eigenvalue weighted by Gasteiger charge is -2.06. The number of carbonyl (C=O) groups is 1. The van der Waals surface area contributed by atoms with Gasteiger partial charge in [-0.05, 0) is 18.6 Å². The Labute approximate surface area is 111 Å². The zero-order chi connectivity index (χ0) is 13.8. The zero-order valence-corrected chi connectivity index (χ0v) is 11.1. The second-order valence-electron chi connectivity index (χ2n) is 3.69. The van der Waals surface area contributed by atoms with Crippen LogP contribution in [-0.2, 0) is 11.3 Å². The number of nitrogens with one attached hydrogen (secondary N) is 1. The first kappa shape index (κ1) is 14.8. The summed E-state index contributed by atoms with van der Waals surface area (Å²) in [5, 5.41) is 2.38. The maximum atomic E-state index is 11.8. The van der Waals surface area contributed by atoms with Gasteiger partial charge in [-0.2, -0.15) is 13.2 Å². The van der Waals surface area contributed by atoms with Crippen molar-refractivity contribution in [2.75, 3.05) is 0 Å². The first-order valence-electron chi connectivity index (χ1n) is 5.07. The molecule has 1 amide bonds. The molecule has 2 nitrogen and oxygen atoms in total. The van der Waals surface area contributed by atoms with Crippen LogP contribution in [-0.4, -0.2) is 12.1 Å². The van der Waals surface area contributed by atoms with E-state index in [1.807, 2.05) is 25.1 Å². The summed E-state index contributed by atoms with van der Waals surface area (Å²) < 4.78 is 36.3. The van der Waals surface area contributed by atoms with Crippen LogP contribution in [0.15, 0.2) is 34.8 Å². The third-order valence-corrected chi connectivity index (χ3v) is 2.85. The molecule has 0 fully saturated rings. The summed E-state index contributed by atoms with van der Waals surface area (Å²) in [7, 11) is 0. The molecular formula is C12H11BrF3NO. The predicted octanol–water partition coefficient (Wildman–Crippen LogP) is 3.49. The molecule has 0 bridgehead atoms. The van der Waals surface area contributed by atoms with Crippen molar-refractivity contribution >= 4 is 21.8 Å². The molecule has 0 heterocycles. The molecule has 0 atom stereocenters. The fourth-order valence-electron chi connectivity index (χ4n) is 1.25. The topological polar surface area (TPSA) is 29.1 Å². The van der Waals surface area contributed by atoms with Gasteiger partial charge in [0.15, 0.2) is 0 Å². The minimum atomic E-state index is -4.47. The molecule has 1 aromatic rings. The highest BCUT2D eigenvalue weighted by Crippen LogP contribution is 2.18. The van der Waals surface area contributed by atoms with E-state index >= 15 is 0 Å². The normalized spacial score (nSPS) is 11.8. The summed E-state index contributed by atoms with van der Waals surface area (Å²) in [5.41, 5.74) is 1.82. The molecule has 0 aliphatic carbocycles. The predicted molar refractivity (Wildman–Crippen MR) is 65.9 cm³/mol. The van der Waals surface area contributed by atoms with Crippen LogP contribution in [0, 0.1) is 6.92 Å². The Bertz CT molecular complexity index is 469. The van der Waals surface area contributed by atoms with E-state index in [1.54, 1.807) is 0 Å². The molecule has 1 aromatic carbocycles. The summed E-state index contributed by atoms with van der Waals surface area (Å²) in [4.78, 5) is 11.1. The summed E-state index contributed by atoms with van der Waals surface area (Å²) in [6.45, 7) is 2.06. The highest BCUT2D eigenvalue weighted by Gasteiger charge is 2.22. The highest BCUT2D eigenvalue weighted by atomic mass is 79.9. The Morgan fingerprint density at radius 1 is 1.44 bits per heavy atom. The number of aryl methyl sites for hydroxylation is 1. The van der Waals surface area contributed by atoms with Crippen LogP contribution in [0.1, 0.15) is 11.1 Å². The number of rotatable bonds is 3. The summed E-state index contributed by atoms with van der Waals surface area (Å²) in [6, 6.07) is 5.55. The van der Waals surface area contributed by atoms with E-state index in [0.717, 1.165) is 15.6 Å². The van der Waals surface area contributed by atoms with Crippen molar-refractivity contribution in [3.63, 3.8) is 0 Å². The molecule has 1 rings (SSSR count). The largest absolute Gasteiger partial charge is 0.409 e. The van der Waals surface area contributed by atoms with Crippen LogP contribution < -0.4 is 5.32 Å². The van der Waals surface area contributed by atoms with Crippen molar-refractivity contribution in [3.05, 3.63) is 46.0 Å². The minimum Gasteiger partial charge on any atom is -0.348 e. The van der Waals surface area contributed by atoms with E-state index in [1.165, 1.54) is 0 Å². The first-order valence-corrected chi connectivity index (χ1v) is 5.86. The summed E-state index contributed by atoms with van der Waals surface area (Å²) in [5.74, 6) is -0.777. The Morgan fingerprint density at radius 3 is 2.72 bits per heavy atom. The van der Waals surface area contributed by atoms with Crippen molar-refractivity contribution in [3.8, 4) is 0 Å². The van der Waals surface area contributed by atoms with E-state index in [4.69, 9.17) is 0 Å². The van der Waals surface area contributed by atoms with Crippen LogP contribution in [0.3, 0.4) is 0 Å². The van der Waals surface area contributed by atoms with E-state index in [-0.39, 0.29) is 12.6 Å². The molecule has 18 heavy (non-hydrogen) atoms. The van der Waals surface area contributed by atoms with Gasteiger partial charge in [-0.25, -0.2) is 0 Å². The molecule has 0 aliphatic rings. The number of amides is 1. The average Bonchev–Trinajstić information content (AvgIpc) is 2.26. The average molecular weight is 322 g/mol. The van der Waals surface area contributed by atoms with Crippen molar-refractivity contribution in [2.45, 2.75) is 19.6 Å². The Kier molecular flexibility index (Phi) is 4.95. The zero-order valence-electron chi connectivity index (χ0n) is 9.51. The van der Waals surface area contributed by atoms with Crippen molar-refractivity contribution < 1.29 is 18.0 Å². The standard InChI is InChI=1S/C12H11BrF3NO/c1-8-2-3-10(13)9(6-8)7-17-11(18)4-5-12(14,15)16/h2-6H,7H2,1H3,(H,17,18)/b5-4+. The maximum Gasteiger partial charge on any atom is 0.409 e. The second-order valence-corrected chi connectivity index (χ2v) is 4.54. The second kappa shape index (κ2) is 6.04. The Morgan fingerprint density at radius 2 is 2.11 bits per heavy atom. The fourth-order valence-corrected chi connectivity index (χ4v) is 1.64. The molecular weight excluding hydrogens is 311 g/mol. The van der Waals surface area contributed by atoms with Gasteiger partial charge < -0.3 is 5.32 Å². The molecule has 0 saturated carbocycles. The van der Waals surface area contributed by atoms with Crippen LogP contribution in [0.4, 0.5) is 13.2 Å². The van der Waals surface area contributed by atoms with Gasteiger partial charge in [0, 0.05) is 23.2 Å². The maximum absolute atomic E-state index is 11.8. The third kappa shape index (κ3) is 5.35. The SMILES string of the molecule is Cc1ccc(Br)c(CNC(=O)/C=C/C(F)(F)F)c1. The van der Waals surface area contributed by atoms with Gasteiger partial charge in [-0.1, -0.05) is 33.6 Å². The molecule has 0 spiro atoms. The Hall–Kier alpha value is -1.30. The van der Waals surface area contributed by atoms with Crippen molar-refractivity contribution in [2.24, 2.45) is 0 Å². The van der Waals surface area contributed by atoms with E-state index in [0.29, 0.717) is 6.08 Å². The Balaban J connectivity index is 2.58. The number of halogens is 4. The van der Waals surface area contributed by atoms with Crippen molar-refractivity contribution in [1.82, 2.24) is 5.32 Å².